The van der Waals surface area contributed by atoms with Gasteiger partial charge >= 0.3 is 0 Å². The number of hydrogen-bond acceptors (Lipinski definition) is 3. The van der Waals surface area contributed by atoms with Crippen LogP contribution in [-0.4, -0.2) is 24.6 Å². The van der Waals surface area contributed by atoms with Crippen LogP contribution >= 0.6 is 11.8 Å². The molecule has 3 rings (SSSR count). The number of rotatable bonds is 2. The predicted octanol–water partition coefficient (Wildman–Crippen LogP) is 3.01. The topological polar surface area (TPSA) is 49.4 Å². The first kappa shape index (κ1) is 13.7. The second-order valence-corrected chi connectivity index (χ2v) is 5.57. The minimum atomic E-state index is -0.178. The number of hydrogen-bond donors (Lipinski definition) is 1. The van der Waals surface area contributed by atoms with Crippen molar-refractivity contribution in [1.29, 1.82) is 0 Å². The van der Waals surface area contributed by atoms with Crippen molar-refractivity contribution >= 4 is 35.0 Å². The fourth-order valence-electron chi connectivity index (χ4n) is 2.33. The van der Waals surface area contributed by atoms with Gasteiger partial charge in [0.25, 0.3) is 5.91 Å². The maximum atomic E-state index is 12.7. The molecule has 1 aliphatic rings. The third kappa shape index (κ3) is 2.64. The lowest BCUT2D eigenvalue weighted by molar-refractivity contribution is -0.115. The molecule has 0 spiro atoms. The minimum absolute atomic E-state index is 0.0410. The van der Waals surface area contributed by atoms with Gasteiger partial charge in [-0.3, -0.25) is 14.5 Å². The van der Waals surface area contributed by atoms with Gasteiger partial charge in [-0.2, -0.15) is 0 Å². The van der Waals surface area contributed by atoms with Gasteiger partial charge in [-0.05, 0) is 36.6 Å². The van der Waals surface area contributed by atoms with Gasteiger partial charge in [0.2, 0.25) is 5.91 Å². The van der Waals surface area contributed by atoms with Crippen molar-refractivity contribution in [2.75, 3.05) is 23.0 Å². The molecule has 2 aromatic rings. The van der Waals surface area contributed by atoms with Crippen molar-refractivity contribution in [2.24, 2.45) is 0 Å². The third-order valence-corrected chi connectivity index (χ3v) is 4.06. The molecular weight excluding hydrogens is 284 g/mol. The smallest absolute Gasteiger partial charge is 0.258 e. The first-order valence-corrected chi connectivity index (χ1v) is 7.76. The van der Waals surface area contributed by atoms with Crippen LogP contribution in [-0.2, 0) is 4.79 Å². The molecule has 0 radical (unpaired) electrons. The minimum Gasteiger partial charge on any atom is -0.323 e. The number of nitrogens with zero attached hydrogens (tertiary/aromatic N) is 1. The highest BCUT2D eigenvalue weighted by Crippen LogP contribution is 2.30. The summed E-state index contributed by atoms with van der Waals surface area (Å²) in [6.07, 6.45) is 1.97. The molecule has 0 aliphatic carbocycles. The molecule has 0 atom stereocenters. The Hall–Kier alpha value is -2.27. The number of amides is 2. The van der Waals surface area contributed by atoms with Crippen molar-refractivity contribution in [3.05, 3.63) is 54.1 Å². The van der Waals surface area contributed by atoms with Crippen molar-refractivity contribution < 1.29 is 9.59 Å². The number of benzene rings is 2. The van der Waals surface area contributed by atoms with E-state index in [0.717, 1.165) is 10.6 Å². The summed E-state index contributed by atoms with van der Waals surface area (Å²) in [6.45, 7) is 0.0410. The molecule has 2 aromatic carbocycles. The van der Waals surface area contributed by atoms with Crippen molar-refractivity contribution in [3.63, 3.8) is 0 Å². The number of thioether (sulfide) groups is 1. The highest BCUT2D eigenvalue weighted by molar-refractivity contribution is 7.98. The van der Waals surface area contributed by atoms with Gasteiger partial charge in [0.1, 0.15) is 6.54 Å². The van der Waals surface area contributed by atoms with E-state index in [1.165, 1.54) is 4.90 Å². The number of carbonyl (C=O) groups is 2. The standard InChI is InChI=1S/C16H14N2O2S/c1-21-12-6-4-5-11(9-12)16(20)18-10-15(19)17-13-7-2-3-8-14(13)18/h2-9H,10H2,1H3,(H,17,19). The average Bonchev–Trinajstić information content (AvgIpc) is 2.53. The zero-order valence-electron chi connectivity index (χ0n) is 11.5. The molecule has 1 N–H and O–H groups in total. The summed E-state index contributed by atoms with van der Waals surface area (Å²) >= 11 is 1.58. The van der Waals surface area contributed by atoms with Gasteiger partial charge in [-0.25, -0.2) is 0 Å². The summed E-state index contributed by atoms with van der Waals surface area (Å²) in [6, 6.07) is 14.8. The molecule has 0 aromatic heterocycles. The van der Waals surface area contributed by atoms with E-state index in [4.69, 9.17) is 0 Å². The van der Waals surface area contributed by atoms with Gasteiger partial charge in [0.05, 0.1) is 11.4 Å². The Morgan fingerprint density at radius 3 is 2.81 bits per heavy atom. The normalized spacial score (nSPS) is 13.6. The lowest BCUT2D eigenvalue weighted by atomic mass is 10.1. The van der Waals surface area contributed by atoms with Crippen LogP contribution in [0.5, 0.6) is 0 Å². The molecule has 1 aliphatic heterocycles. The SMILES string of the molecule is CSc1cccc(C(=O)N2CC(=O)Nc3ccccc32)c1. The molecular formula is C16H14N2O2S. The molecule has 0 fully saturated rings. The van der Waals surface area contributed by atoms with E-state index < -0.39 is 0 Å². The number of anilines is 2. The van der Waals surface area contributed by atoms with Crippen LogP contribution in [0.15, 0.2) is 53.4 Å². The van der Waals surface area contributed by atoms with E-state index >= 15 is 0 Å². The van der Waals surface area contributed by atoms with Crippen molar-refractivity contribution in [1.82, 2.24) is 0 Å². The van der Waals surface area contributed by atoms with Gasteiger partial charge < -0.3 is 5.32 Å². The quantitative estimate of drug-likeness (QED) is 0.867. The molecule has 0 saturated heterocycles. The van der Waals surface area contributed by atoms with Crippen LogP contribution in [0.1, 0.15) is 10.4 Å². The van der Waals surface area contributed by atoms with Crippen LogP contribution in [0.25, 0.3) is 0 Å². The van der Waals surface area contributed by atoms with Crippen LogP contribution in [0, 0.1) is 0 Å². The summed E-state index contributed by atoms with van der Waals surface area (Å²) in [7, 11) is 0. The predicted molar refractivity (Wildman–Crippen MR) is 85.0 cm³/mol. The number of para-hydroxylation sites is 2. The Morgan fingerprint density at radius 2 is 2.00 bits per heavy atom. The lowest BCUT2D eigenvalue weighted by Gasteiger charge is -2.29. The molecule has 5 heteroatoms. The van der Waals surface area contributed by atoms with E-state index in [0.29, 0.717) is 11.3 Å². The zero-order valence-corrected chi connectivity index (χ0v) is 12.3. The Kier molecular flexibility index (Phi) is 3.66. The highest BCUT2D eigenvalue weighted by atomic mass is 32.2. The Morgan fingerprint density at radius 1 is 1.19 bits per heavy atom. The fourth-order valence-corrected chi connectivity index (χ4v) is 2.79. The maximum Gasteiger partial charge on any atom is 0.258 e. The monoisotopic (exact) mass is 298 g/mol. The molecule has 106 valence electrons. The molecule has 0 bridgehead atoms. The largest absolute Gasteiger partial charge is 0.323 e. The number of carbonyl (C=O) groups excluding carboxylic acids is 2. The number of nitrogens with one attached hydrogen (secondary N) is 1. The van der Waals surface area contributed by atoms with Gasteiger partial charge in [-0.15, -0.1) is 11.8 Å². The maximum absolute atomic E-state index is 12.7. The fraction of sp³-hybridized carbons (Fsp3) is 0.125. The van der Waals surface area contributed by atoms with E-state index in [-0.39, 0.29) is 18.4 Å². The van der Waals surface area contributed by atoms with Crippen LogP contribution < -0.4 is 10.2 Å². The van der Waals surface area contributed by atoms with Gasteiger partial charge in [-0.1, -0.05) is 18.2 Å². The molecule has 2 amide bonds. The molecule has 4 nitrogen and oxygen atoms in total. The van der Waals surface area contributed by atoms with Crippen LogP contribution in [0.4, 0.5) is 11.4 Å². The Labute approximate surface area is 127 Å². The Balaban J connectivity index is 1.99. The Bertz CT molecular complexity index is 715. The van der Waals surface area contributed by atoms with Gasteiger partial charge in [0.15, 0.2) is 0 Å². The molecule has 21 heavy (non-hydrogen) atoms. The molecule has 0 saturated carbocycles. The van der Waals surface area contributed by atoms with Crippen LogP contribution in [0.2, 0.25) is 0 Å². The van der Waals surface area contributed by atoms with Crippen molar-refractivity contribution in [2.45, 2.75) is 4.90 Å². The summed E-state index contributed by atoms with van der Waals surface area (Å²) < 4.78 is 0. The zero-order chi connectivity index (χ0) is 14.8. The molecule has 0 unspecified atom stereocenters. The second-order valence-electron chi connectivity index (χ2n) is 4.69. The first-order valence-electron chi connectivity index (χ1n) is 6.54. The van der Waals surface area contributed by atoms with Crippen LogP contribution in [0.3, 0.4) is 0 Å². The highest BCUT2D eigenvalue weighted by Gasteiger charge is 2.27. The number of fused-ring (bicyclic) bond motifs is 1. The van der Waals surface area contributed by atoms with Crippen molar-refractivity contribution in [3.8, 4) is 0 Å². The van der Waals surface area contributed by atoms with Gasteiger partial charge in [0, 0.05) is 10.5 Å². The summed E-state index contributed by atoms with van der Waals surface area (Å²) in [5.74, 6) is -0.337. The molecule has 1 heterocycles. The summed E-state index contributed by atoms with van der Waals surface area (Å²) in [4.78, 5) is 27.0. The lowest BCUT2D eigenvalue weighted by Crippen LogP contribution is -2.42. The van der Waals surface area contributed by atoms with E-state index in [2.05, 4.69) is 5.32 Å². The second kappa shape index (κ2) is 5.61. The third-order valence-electron chi connectivity index (χ3n) is 3.33. The van der Waals surface area contributed by atoms with E-state index in [9.17, 15) is 9.59 Å². The average molecular weight is 298 g/mol. The summed E-state index contributed by atoms with van der Waals surface area (Å²) in [5, 5.41) is 2.78. The van der Waals surface area contributed by atoms with E-state index in [1.807, 2.05) is 42.7 Å². The van der Waals surface area contributed by atoms with E-state index in [1.54, 1.807) is 23.9 Å². The first-order chi connectivity index (χ1) is 10.2. The summed E-state index contributed by atoms with van der Waals surface area (Å²) in [5.41, 5.74) is 1.99.